The summed E-state index contributed by atoms with van der Waals surface area (Å²) in [5.74, 6) is 0.371. The molecule has 3 rings (SSSR count). The van der Waals surface area contributed by atoms with Gasteiger partial charge in [0.05, 0.1) is 30.3 Å². The van der Waals surface area contributed by atoms with Gasteiger partial charge in [0.2, 0.25) is 0 Å². The molecule has 0 aliphatic heterocycles. The van der Waals surface area contributed by atoms with Gasteiger partial charge in [0.25, 0.3) is 0 Å². The Hall–Kier alpha value is -3.15. The smallest absolute Gasteiger partial charge is 0.340 e. The third-order valence-electron chi connectivity index (χ3n) is 3.78. The van der Waals surface area contributed by atoms with Crippen LogP contribution >= 0.6 is 0 Å². The first-order valence-electron chi connectivity index (χ1n) is 8.04. The van der Waals surface area contributed by atoms with Crippen LogP contribution in [0.1, 0.15) is 30.2 Å². The molecule has 2 aromatic heterocycles. The SMILES string of the molecule is COC(=O)c1ccncc1Nc1cc(-c2ccccc2)nn1C(C)C. The van der Waals surface area contributed by atoms with E-state index in [1.807, 2.05) is 41.1 Å². The molecule has 0 atom stereocenters. The third kappa shape index (κ3) is 3.52. The molecule has 0 radical (unpaired) electrons. The zero-order valence-electron chi connectivity index (χ0n) is 14.4. The predicted octanol–water partition coefficient (Wildman–Crippen LogP) is 4.06. The first kappa shape index (κ1) is 16.7. The van der Waals surface area contributed by atoms with Crippen LogP contribution in [-0.2, 0) is 4.74 Å². The summed E-state index contributed by atoms with van der Waals surface area (Å²) in [6, 6.07) is 13.7. The molecule has 0 bridgehead atoms. The molecule has 3 aromatic rings. The fraction of sp³-hybridized carbons (Fsp3) is 0.211. The van der Waals surface area contributed by atoms with E-state index in [9.17, 15) is 4.79 Å². The molecule has 0 unspecified atom stereocenters. The van der Waals surface area contributed by atoms with Gasteiger partial charge < -0.3 is 10.1 Å². The Morgan fingerprint density at radius 2 is 1.96 bits per heavy atom. The van der Waals surface area contributed by atoms with Crippen LogP contribution in [0.5, 0.6) is 0 Å². The van der Waals surface area contributed by atoms with Crippen LogP contribution in [0.2, 0.25) is 0 Å². The Balaban J connectivity index is 2.01. The number of benzene rings is 1. The minimum absolute atomic E-state index is 0.151. The molecule has 128 valence electrons. The molecule has 0 aliphatic carbocycles. The summed E-state index contributed by atoms with van der Waals surface area (Å²) in [6.45, 7) is 4.11. The van der Waals surface area contributed by atoms with E-state index in [0.717, 1.165) is 17.1 Å². The van der Waals surface area contributed by atoms with Crippen molar-refractivity contribution in [3.63, 3.8) is 0 Å². The molecule has 0 fully saturated rings. The highest BCUT2D eigenvalue weighted by Crippen LogP contribution is 2.28. The van der Waals surface area contributed by atoms with Crippen LogP contribution in [0.3, 0.4) is 0 Å². The lowest BCUT2D eigenvalue weighted by molar-refractivity contribution is 0.0602. The van der Waals surface area contributed by atoms with E-state index in [4.69, 9.17) is 4.74 Å². The molecule has 2 heterocycles. The number of nitrogens with one attached hydrogen (secondary N) is 1. The summed E-state index contributed by atoms with van der Waals surface area (Å²) >= 11 is 0. The number of nitrogens with zero attached hydrogens (tertiary/aromatic N) is 3. The summed E-state index contributed by atoms with van der Waals surface area (Å²) in [4.78, 5) is 16.1. The number of ether oxygens (including phenoxy) is 1. The number of pyridine rings is 1. The lowest BCUT2D eigenvalue weighted by Crippen LogP contribution is -2.10. The quantitative estimate of drug-likeness (QED) is 0.712. The standard InChI is InChI=1S/C19H20N4O2/c1-13(2)23-18(11-16(22-23)14-7-5-4-6-8-14)21-17-12-20-10-9-15(17)19(24)25-3/h4-13,21H,1-3H3. The maximum Gasteiger partial charge on any atom is 0.340 e. The average Bonchev–Trinajstić information content (AvgIpc) is 3.06. The monoisotopic (exact) mass is 336 g/mol. The molecular formula is C19H20N4O2. The minimum atomic E-state index is -0.413. The van der Waals surface area contributed by atoms with E-state index in [-0.39, 0.29) is 6.04 Å². The zero-order valence-corrected chi connectivity index (χ0v) is 14.4. The minimum Gasteiger partial charge on any atom is -0.465 e. The number of anilines is 2. The van der Waals surface area contributed by atoms with Crippen LogP contribution in [0.4, 0.5) is 11.5 Å². The Morgan fingerprint density at radius 1 is 1.20 bits per heavy atom. The van der Waals surface area contributed by atoms with Crippen LogP contribution in [0, 0.1) is 0 Å². The van der Waals surface area contributed by atoms with Gasteiger partial charge in [0.15, 0.2) is 0 Å². The predicted molar refractivity (Wildman–Crippen MR) is 96.9 cm³/mol. The maximum absolute atomic E-state index is 12.0. The van der Waals surface area contributed by atoms with E-state index < -0.39 is 5.97 Å². The summed E-state index contributed by atoms with van der Waals surface area (Å²) < 4.78 is 6.72. The first-order valence-corrected chi connectivity index (χ1v) is 8.04. The molecule has 0 amide bonds. The number of aromatic nitrogens is 3. The van der Waals surface area contributed by atoms with Crippen molar-refractivity contribution in [2.75, 3.05) is 12.4 Å². The molecule has 0 saturated carbocycles. The Kier molecular flexibility index (Phi) is 4.79. The lowest BCUT2D eigenvalue weighted by Gasteiger charge is -2.14. The first-order chi connectivity index (χ1) is 12.1. The van der Waals surface area contributed by atoms with Crippen molar-refractivity contribution in [3.8, 4) is 11.3 Å². The second-order valence-corrected chi connectivity index (χ2v) is 5.86. The highest BCUT2D eigenvalue weighted by molar-refractivity contribution is 5.96. The normalized spacial score (nSPS) is 10.7. The maximum atomic E-state index is 12.0. The van der Waals surface area contributed by atoms with Gasteiger partial charge in [-0.3, -0.25) is 4.98 Å². The van der Waals surface area contributed by atoms with Crippen LogP contribution in [-0.4, -0.2) is 27.8 Å². The van der Waals surface area contributed by atoms with Gasteiger partial charge in [0, 0.05) is 23.9 Å². The number of methoxy groups -OCH3 is 1. The van der Waals surface area contributed by atoms with Gasteiger partial charge in [-0.25, -0.2) is 9.48 Å². The van der Waals surface area contributed by atoms with Gasteiger partial charge in [-0.15, -0.1) is 0 Å². The van der Waals surface area contributed by atoms with Crippen LogP contribution in [0.15, 0.2) is 54.9 Å². The fourth-order valence-electron chi connectivity index (χ4n) is 2.55. The number of carbonyl (C=O) groups excluding carboxylic acids is 1. The van der Waals surface area contributed by atoms with Gasteiger partial charge >= 0.3 is 5.97 Å². The van der Waals surface area contributed by atoms with Crippen molar-refractivity contribution >= 4 is 17.5 Å². The molecule has 0 aliphatic rings. The molecule has 6 heteroatoms. The molecule has 6 nitrogen and oxygen atoms in total. The third-order valence-corrected chi connectivity index (χ3v) is 3.78. The fourth-order valence-corrected chi connectivity index (χ4v) is 2.55. The van der Waals surface area contributed by atoms with Crippen molar-refractivity contribution < 1.29 is 9.53 Å². The largest absolute Gasteiger partial charge is 0.465 e. The van der Waals surface area contributed by atoms with E-state index in [2.05, 4.69) is 29.2 Å². The number of carbonyl (C=O) groups is 1. The molecular weight excluding hydrogens is 316 g/mol. The van der Waals surface area contributed by atoms with Gasteiger partial charge in [-0.05, 0) is 19.9 Å². The Labute approximate surface area is 146 Å². The Bertz CT molecular complexity index is 872. The van der Waals surface area contributed by atoms with E-state index in [1.54, 1.807) is 18.5 Å². The van der Waals surface area contributed by atoms with Gasteiger partial charge in [-0.1, -0.05) is 30.3 Å². The summed E-state index contributed by atoms with van der Waals surface area (Å²) in [6.07, 6.45) is 3.17. The molecule has 1 aromatic carbocycles. The van der Waals surface area contributed by atoms with Gasteiger partial charge in [-0.2, -0.15) is 5.10 Å². The van der Waals surface area contributed by atoms with Crippen molar-refractivity contribution in [3.05, 3.63) is 60.4 Å². The highest BCUT2D eigenvalue weighted by atomic mass is 16.5. The van der Waals surface area contributed by atoms with Gasteiger partial charge in [0.1, 0.15) is 5.82 Å². The topological polar surface area (TPSA) is 69.0 Å². The van der Waals surface area contributed by atoms with E-state index >= 15 is 0 Å². The van der Waals surface area contributed by atoms with E-state index in [1.165, 1.54) is 7.11 Å². The number of rotatable bonds is 5. The number of esters is 1. The summed E-state index contributed by atoms with van der Waals surface area (Å²) in [5.41, 5.74) is 2.90. The highest BCUT2D eigenvalue weighted by Gasteiger charge is 2.16. The van der Waals surface area contributed by atoms with Crippen molar-refractivity contribution in [2.24, 2.45) is 0 Å². The molecule has 0 saturated heterocycles. The Morgan fingerprint density at radius 3 is 2.64 bits per heavy atom. The zero-order chi connectivity index (χ0) is 17.8. The van der Waals surface area contributed by atoms with Crippen molar-refractivity contribution in [1.29, 1.82) is 0 Å². The molecule has 25 heavy (non-hydrogen) atoms. The second kappa shape index (κ2) is 7.17. The van der Waals surface area contributed by atoms with Crippen molar-refractivity contribution in [2.45, 2.75) is 19.9 Å². The number of hydrogen-bond acceptors (Lipinski definition) is 5. The summed E-state index contributed by atoms with van der Waals surface area (Å²) in [5, 5.41) is 7.95. The number of hydrogen-bond donors (Lipinski definition) is 1. The summed E-state index contributed by atoms with van der Waals surface area (Å²) in [7, 11) is 1.36. The lowest BCUT2D eigenvalue weighted by atomic mass is 10.1. The van der Waals surface area contributed by atoms with Crippen LogP contribution in [0.25, 0.3) is 11.3 Å². The molecule has 0 spiro atoms. The van der Waals surface area contributed by atoms with Crippen molar-refractivity contribution in [1.82, 2.24) is 14.8 Å². The second-order valence-electron chi connectivity index (χ2n) is 5.86. The van der Waals surface area contributed by atoms with E-state index in [0.29, 0.717) is 11.3 Å². The molecule has 1 N–H and O–H groups in total. The van der Waals surface area contributed by atoms with Crippen LogP contribution < -0.4 is 5.32 Å². The average molecular weight is 336 g/mol.